The van der Waals surface area contributed by atoms with E-state index in [2.05, 4.69) is 35.2 Å². The molecule has 4 nitrogen and oxygen atoms in total. The maximum Gasteiger partial charge on any atom is 0.133 e. The summed E-state index contributed by atoms with van der Waals surface area (Å²) in [7, 11) is 1.68. The Morgan fingerprint density at radius 2 is 2.05 bits per heavy atom. The highest BCUT2D eigenvalue weighted by Crippen LogP contribution is 2.32. The van der Waals surface area contributed by atoms with Crippen molar-refractivity contribution in [1.82, 2.24) is 9.97 Å². The van der Waals surface area contributed by atoms with Crippen molar-refractivity contribution in [2.24, 2.45) is 0 Å². The Kier molecular flexibility index (Phi) is 5.44. The first-order valence-electron chi connectivity index (χ1n) is 7.05. The van der Waals surface area contributed by atoms with Crippen LogP contribution >= 0.6 is 11.8 Å². The maximum atomic E-state index is 5.26. The summed E-state index contributed by atoms with van der Waals surface area (Å²) < 4.78 is 5.26. The van der Waals surface area contributed by atoms with Gasteiger partial charge in [-0.3, -0.25) is 0 Å². The molecular formula is C16H21N3OS. The van der Waals surface area contributed by atoms with Crippen LogP contribution in [0.25, 0.3) is 0 Å². The van der Waals surface area contributed by atoms with Crippen molar-refractivity contribution in [3.8, 4) is 5.75 Å². The smallest absolute Gasteiger partial charge is 0.133 e. The molecule has 0 amide bonds. The van der Waals surface area contributed by atoms with Crippen molar-refractivity contribution in [3.63, 3.8) is 0 Å². The Labute approximate surface area is 130 Å². The molecule has 1 aromatic carbocycles. The Bertz CT molecular complexity index is 616. The van der Waals surface area contributed by atoms with Gasteiger partial charge in [-0.05, 0) is 38.5 Å². The number of hydrogen-bond acceptors (Lipinski definition) is 5. The summed E-state index contributed by atoms with van der Waals surface area (Å²) in [6.07, 6.45) is 1.07. The third-order valence-electron chi connectivity index (χ3n) is 3.01. The van der Waals surface area contributed by atoms with Crippen LogP contribution in [0.5, 0.6) is 5.75 Å². The molecule has 1 heterocycles. The van der Waals surface area contributed by atoms with Crippen molar-refractivity contribution < 1.29 is 4.74 Å². The standard InChI is InChI=1S/C16H21N3OS/c1-5-9-17-15-11(2)16(19-12(3)18-15)21-14-8-6-7-13(10-14)20-4/h6-8,10H,5,9H2,1-4H3,(H,17,18,19). The van der Waals surface area contributed by atoms with Gasteiger partial charge in [0.2, 0.25) is 0 Å². The van der Waals surface area contributed by atoms with Gasteiger partial charge >= 0.3 is 0 Å². The number of methoxy groups -OCH3 is 1. The zero-order chi connectivity index (χ0) is 15.2. The molecule has 0 saturated heterocycles. The Balaban J connectivity index is 2.28. The van der Waals surface area contributed by atoms with Crippen LogP contribution in [0.3, 0.4) is 0 Å². The molecule has 1 N–H and O–H groups in total. The second kappa shape index (κ2) is 7.31. The number of benzene rings is 1. The zero-order valence-electron chi connectivity index (χ0n) is 12.9. The summed E-state index contributed by atoms with van der Waals surface area (Å²) in [4.78, 5) is 10.2. The number of anilines is 1. The van der Waals surface area contributed by atoms with Gasteiger partial charge in [-0.1, -0.05) is 24.8 Å². The van der Waals surface area contributed by atoms with E-state index in [1.54, 1.807) is 18.9 Å². The van der Waals surface area contributed by atoms with E-state index in [0.29, 0.717) is 0 Å². The fraction of sp³-hybridized carbons (Fsp3) is 0.375. The third kappa shape index (κ3) is 4.11. The predicted molar refractivity (Wildman–Crippen MR) is 87.4 cm³/mol. The van der Waals surface area contributed by atoms with Gasteiger partial charge in [-0.2, -0.15) is 0 Å². The van der Waals surface area contributed by atoms with Crippen LogP contribution in [0.4, 0.5) is 5.82 Å². The van der Waals surface area contributed by atoms with Crippen LogP contribution in [0.1, 0.15) is 24.7 Å². The number of ether oxygens (including phenoxy) is 1. The van der Waals surface area contributed by atoms with Gasteiger partial charge in [0.25, 0.3) is 0 Å². The first-order valence-corrected chi connectivity index (χ1v) is 7.86. The average Bonchev–Trinajstić information content (AvgIpc) is 2.49. The van der Waals surface area contributed by atoms with Crippen molar-refractivity contribution in [2.75, 3.05) is 19.0 Å². The fourth-order valence-electron chi connectivity index (χ4n) is 1.89. The number of hydrogen-bond donors (Lipinski definition) is 1. The van der Waals surface area contributed by atoms with E-state index >= 15 is 0 Å². The predicted octanol–water partition coefficient (Wildman–Crippen LogP) is 4.08. The lowest BCUT2D eigenvalue weighted by Crippen LogP contribution is -2.07. The molecule has 0 bridgehead atoms. The molecule has 0 radical (unpaired) electrons. The fourth-order valence-corrected chi connectivity index (χ4v) is 2.87. The normalized spacial score (nSPS) is 10.5. The lowest BCUT2D eigenvalue weighted by molar-refractivity contribution is 0.413. The minimum atomic E-state index is 0.782. The zero-order valence-corrected chi connectivity index (χ0v) is 13.8. The minimum Gasteiger partial charge on any atom is -0.497 e. The molecule has 0 saturated carbocycles. The average molecular weight is 303 g/mol. The van der Waals surface area contributed by atoms with Crippen LogP contribution in [-0.2, 0) is 0 Å². The second-order valence-corrected chi connectivity index (χ2v) is 5.82. The molecular weight excluding hydrogens is 282 g/mol. The molecule has 112 valence electrons. The van der Waals surface area contributed by atoms with E-state index in [0.717, 1.165) is 45.8 Å². The van der Waals surface area contributed by atoms with Gasteiger partial charge in [0.1, 0.15) is 22.4 Å². The van der Waals surface area contributed by atoms with Crippen molar-refractivity contribution >= 4 is 17.6 Å². The molecule has 0 atom stereocenters. The number of aryl methyl sites for hydroxylation is 1. The van der Waals surface area contributed by atoms with Crippen LogP contribution < -0.4 is 10.1 Å². The summed E-state index contributed by atoms with van der Waals surface area (Å²) in [5, 5.41) is 4.34. The van der Waals surface area contributed by atoms with E-state index < -0.39 is 0 Å². The van der Waals surface area contributed by atoms with Gasteiger partial charge in [0, 0.05) is 17.0 Å². The van der Waals surface area contributed by atoms with Gasteiger partial charge in [0.05, 0.1) is 7.11 Å². The minimum absolute atomic E-state index is 0.782. The third-order valence-corrected chi connectivity index (χ3v) is 4.09. The van der Waals surface area contributed by atoms with Gasteiger partial charge in [-0.25, -0.2) is 9.97 Å². The number of nitrogens with zero attached hydrogens (tertiary/aromatic N) is 2. The molecule has 0 aliphatic carbocycles. The van der Waals surface area contributed by atoms with E-state index in [1.165, 1.54) is 0 Å². The largest absolute Gasteiger partial charge is 0.497 e. The van der Waals surface area contributed by atoms with E-state index in [9.17, 15) is 0 Å². The number of nitrogens with one attached hydrogen (secondary N) is 1. The molecule has 0 unspecified atom stereocenters. The van der Waals surface area contributed by atoms with Crippen molar-refractivity contribution in [3.05, 3.63) is 35.7 Å². The first kappa shape index (κ1) is 15.6. The SMILES string of the molecule is CCCNc1nc(C)nc(Sc2cccc(OC)c2)c1C. The Hall–Kier alpha value is -1.75. The quantitative estimate of drug-likeness (QED) is 0.815. The molecule has 2 aromatic rings. The topological polar surface area (TPSA) is 47.0 Å². The van der Waals surface area contributed by atoms with Crippen LogP contribution in [0, 0.1) is 13.8 Å². The molecule has 2 rings (SSSR count). The molecule has 5 heteroatoms. The molecule has 1 aromatic heterocycles. The lowest BCUT2D eigenvalue weighted by Gasteiger charge is -2.12. The highest BCUT2D eigenvalue weighted by Gasteiger charge is 2.10. The molecule has 0 spiro atoms. The monoisotopic (exact) mass is 303 g/mol. The molecule has 0 fully saturated rings. The Morgan fingerprint density at radius 1 is 1.24 bits per heavy atom. The highest BCUT2D eigenvalue weighted by molar-refractivity contribution is 7.99. The summed E-state index contributed by atoms with van der Waals surface area (Å²) in [5.41, 5.74) is 1.09. The summed E-state index contributed by atoms with van der Waals surface area (Å²) >= 11 is 1.63. The first-order chi connectivity index (χ1) is 10.1. The molecule has 0 aliphatic rings. The van der Waals surface area contributed by atoms with E-state index in [-0.39, 0.29) is 0 Å². The van der Waals surface area contributed by atoms with Crippen LogP contribution in [-0.4, -0.2) is 23.6 Å². The van der Waals surface area contributed by atoms with Gasteiger partial charge in [-0.15, -0.1) is 0 Å². The second-order valence-electron chi connectivity index (χ2n) is 4.76. The van der Waals surface area contributed by atoms with Crippen molar-refractivity contribution in [2.45, 2.75) is 37.1 Å². The van der Waals surface area contributed by atoms with Crippen molar-refractivity contribution in [1.29, 1.82) is 0 Å². The Morgan fingerprint density at radius 3 is 2.76 bits per heavy atom. The van der Waals surface area contributed by atoms with Crippen LogP contribution in [0.15, 0.2) is 34.2 Å². The van der Waals surface area contributed by atoms with E-state index in [4.69, 9.17) is 4.74 Å². The molecule has 21 heavy (non-hydrogen) atoms. The van der Waals surface area contributed by atoms with Gasteiger partial charge < -0.3 is 10.1 Å². The van der Waals surface area contributed by atoms with Crippen LogP contribution in [0.2, 0.25) is 0 Å². The van der Waals surface area contributed by atoms with Gasteiger partial charge in [0.15, 0.2) is 0 Å². The summed E-state index contributed by atoms with van der Waals surface area (Å²) in [6, 6.07) is 8.00. The highest BCUT2D eigenvalue weighted by atomic mass is 32.2. The van der Waals surface area contributed by atoms with E-state index in [1.807, 2.05) is 25.1 Å². The molecule has 0 aliphatic heterocycles. The summed E-state index contributed by atoms with van der Waals surface area (Å²) in [5.74, 6) is 2.56. The maximum absolute atomic E-state index is 5.26. The summed E-state index contributed by atoms with van der Waals surface area (Å²) in [6.45, 7) is 7.04. The lowest BCUT2D eigenvalue weighted by atomic mass is 10.3. The number of rotatable bonds is 6. The number of aromatic nitrogens is 2.